The predicted octanol–water partition coefficient (Wildman–Crippen LogP) is 2.51. The topological polar surface area (TPSA) is 47.6 Å². The summed E-state index contributed by atoms with van der Waals surface area (Å²) in [7, 11) is 1.42. The van der Waals surface area contributed by atoms with Gasteiger partial charge in [0.15, 0.2) is 0 Å². The summed E-state index contributed by atoms with van der Waals surface area (Å²) < 4.78 is 10.7. The van der Waals surface area contributed by atoms with E-state index in [1.165, 1.54) is 7.11 Å². The van der Waals surface area contributed by atoms with E-state index in [-0.39, 0.29) is 11.6 Å². The van der Waals surface area contributed by atoms with Crippen molar-refractivity contribution >= 4 is 5.97 Å². The lowest BCUT2D eigenvalue weighted by molar-refractivity contribution is -0.149. The largest absolute Gasteiger partial charge is 0.468 e. The zero-order valence-corrected chi connectivity index (χ0v) is 12.8. The smallest absolute Gasteiger partial charge is 0.325 e. The maximum absolute atomic E-state index is 11.8. The molecule has 0 aromatic rings. The summed E-state index contributed by atoms with van der Waals surface area (Å²) in [6.45, 7) is 11.5. The quantitative estimate of drug-likeness (QED) is 0.646. The van der Waals surface area contributed by atoms with Crippen LogP contribution in [-0.4, -0.2) is 37.4 Å². The van der Waals surface area contributed by atoms with Gasteiger partial charge in [0.1, 0.15) is 5.54 Å². The Morgan fingerprint density at radius 3 is 2.28 bits per heavy atom. The van der Waals surface area contributed by atoms with E-state index in [1.807, 2.05) is 6.92 Å². The van der Waals surface area contributed by atoms with Gasteiger partial charge in [-0.1, -0.05) is 13.8 Å². The zero-order valence-electron chi connectivity index (χ0n) is 12.8. The highest BCUT2D eigenvalue weighted by Crippen LogP contribution is 2.18. The van der Waals surface area contributed by atoms with Crippen LogP contribution in [0.3, 0.4) is 0 Å². The van der Waals surface area contributed by atoms with Crippen LogP contribution in [-0.2, 0) is 14.3 Å². The van der Waals surface area contributed by atoms with Crippen molar-refractivity contribution in [3.63, 3.8) is 0 Å². The number of ether oxygens (including phenoxy) is 2. The van der Waals surface area contributed by atoms with Gasteiger partial charge in [0.2, 0.25) is 0 Å². The minimum atomic E-state index is -0.658. The Balaban J connectivity index is 4.38. The van der Waals surface area contributed by atoms with Gasteiger partial charge in [0.05, 0.1) is 12.7 Å². The van der Waals surface area contributed by atoms with Crippen molar-refractivity contribution in [3.05, 3.63) is 0 Å². The number of methoxy groups -OCH3 is 1. The minimum Gasteiger partial charge on any atom is -0.468 e. The molecule has 0 aromatic carbocycles. The molecule has 0 saturated carbocycles. The van der Waals surface area contributed by atoms with Crippen LogP contribution in [0.5, 0.6) is 0 Å². The summed E-state index contributed by atoms with van der Waals surface area (Å²) in [4.78, 5) is 11.8. The van der Waals surface area contributed by atoms with Gasteiger partial charge < -0.3 is 14.8 Å². The molecule has 0 bridgehead atoms. The molecule has 0 aliphatic carbocycles. The van der Waals surface area contributed by atoms with Crippen molar-refractivity contribution in [1.29, 1.82) is 0 Å². The lowest BCUT2D eigenvalue weighted by Crippen LogP contribution is -2.51. The Morgan fingerprint density at radius 1 is 1.22 bits per heavy atom. The molecular weight excluding hydrogens is 230 g/mol. The second-order valence-corrected chi connectivity index (χ2v) is 5.46. The lowest BCUT2D eigenvalue weighted by Gasteiger charge is -2.30. The van der Waals surface area contributed by atoms with Gasteiger partial charge in [0.25, 0.3) is 0 Å². The fourth-order valence-electron chi connectivity index (χ4n) is 1.52. The highest BCUT2D eigenvalue weighted by molar-refractivity contribution is 5.80. The van der Waals surface area contributed by atoms with Crippen LogP contribution in [0.2, 0.25) is 0 Å². The van der Waals surface area contributed by atoms with Crippen LogP contribution in [0.15, 0.2) is 0 Å². The highest BCUT2D eigenvalue weighted by Gasteiger charge is 2.33. The van der Waals surface area contributed by atoms with Gasteiger partial charge in [-0.05, 0) is 46.6 Å². The zero-order chi connectivity index (χ0) is 14.2. The molecule has 4 nitrogen and oxygen atoms in total. The van der Waals surface area contributed by atoms with Crippen molar-refractivity contribution in [2.45, 2.75) is 65.0 Å². The standard InChI is InChI=1S/C14H29NO3/c1-7-10-15-14(5,12(16)17-6)9-11-18-13(3,4)8-2/h15H,7-11H2,1-6H3. The first-order valence-corrected chi connectivity index (χ1v) is 6.78. The van der Waals surface area contributed by atoms with Crippen molar-refractivity contribution in [2.24, 2.45) is 0 Å². The molecule has 1 unspecified atom stereocenters. The third-order valence-corrected chi connectivity index (χ3v) is 3.35. The summed E-state index contributed by atoms with van der Waals surface area (Å²) in [5.74, 6) is -0.228. The van der Waals surface area contributed by atoms with Gasteiger partial charge in [-0.3, -0.25) is 4.79 Å². The molecule has 4 heteroatoms. The molecule has 0 aliphatic heterocycles. The van der Waals surface area contributed by atoms with E-state index in [1.54, 1.807) is 0 Å². The molecular formula is C14H29NO3. The maximum atomic E-state index is 11.8. The Morgan fingerprint density at radius 2 is 1.83 bits per heavy atom. The van der Waals surface area contributed by atoms with E-state index in [4.69, 9.17) is 9.47 Å². The van der Waals surface area contributed by atoms with E-state index in [2.05, 4.69) is 33.0 Å². The molecule has 0 aliphatic rings. The van der Waals surface area contributed by atoms with Gasteiger partial charge in [-0.15, -0.1) is 0 Å². The summed E-state index contributed by atoms with van der Waals surface area (Å²) in [5.41, 5.74) is -0.795. The Bertz CT molecular complexity index is 253. The van der Waals surface area contributed by atoms with Crippen molar-refractivity contribution in [3.8, 4) is 0 Å². The van der Waals surface area contributed by atoms with Crippen molar-refractivity contribution in [2.75, 3.05) is 20.3 Å². The molecule has 1 atom stereocenters. The summed E-state index contributed by atoms with van der Waals surface area (Å²) in [6.07, 6.45) is 2.54. The molecule has 0 fully saturated rings. The molecule has 0 aromatic heterocycles. The first-order valence-electron chi connectivity index (χ1n) is 6.78. The highest BCUT2D eigenvalue weighted by atomic mass is 16.5. The van der Waals surface area contributed by atoms with Gasteiger partial charge >= 0.3 is 5.97 Å². The van der Waals surface area contributed by atoms with E-state index in [9.17, 15) is 4.79 Å². The predicted molar refractivity (Wildman–Crippen MR) is 73.7 cm³/mol. The SMILES string of the molecule is CCCNC(C)(CCOC(C)(C)CC)C(=O)OC. The number of rotatable bonds is 9. The molecule has 108 valence electrons. The number of carbonyl (C=O) groups excluding carboxylic acids is 1. The van der Waals surface area contributed by atoms with E-state index in [0.29, 0.717) is 13.0 Å². The number of hydrogen-bond donors (Lipinski definition) is 1. The average Bonchev–Trinajstić information content (AvgIpc) is 2.35. The normalized spacial score (nSPS) is 15.2. The third-order valence-electron chi connectivity index (χ3n) is 3.35. The van der Waals surface area contributed by atoms with Crippen LogP contribution in [0.25, 0.3) is 0 Å². The Kier molecular flexibility index (Phi) is 7.48. The molecule has 0 heterocycles. The monoisotopic (exact) mass is 259 g/mol. The van der Waals surface area contributed by atoms with Crippen LogP contribution >= 0.6 is 0 Å². The Labute approximate surface area is 111 Å². The van der Waals surface area contributed by atoms with Crippen LogP contribution in [0.4, 0.5) is 0 Å². The van der Waals surface area contributed by atoms with Crippen LogP contribution < -0.4 is 5.32 Å². The second kappa shape index (κ2) is 7.74. The average molecular weight is 259 g/mol. The number of carbonyl (C=O) groups is 1. The Hall–Kier alpha value is -0.610. The molecule has 0 spiro atoms. The van der Waals surface area contributed by atoms with Crippen LogP contribution in [0.1, 0.15) is 53.9 Å². The number of nitrogens with one attached hydrogen (secondary N) is 1. The number of hydrogen-bond acceptors (Lipinski definition) is 4. The molecule has 1 N–H and O–H groups in total. The first-order chi connectivity index (χ1) is 8.31. The van der Waals surface area contributed by atoms with Crippen LogP contribution in [0, 0.1) is 0 Å². The van der Waals surface area contributed by atoms with E-state index >= 15 is 0 Å². The number of esters is 1. The third kappa shape index (κ3) is 5.83. The first kappa shape index (κ1) is 17.4. The van der Waals surface area contributed by atoms with E-state index < -0.39 is 5.54 Å². The van der Waals surface area contributed by atoms with Crippen molar-refractivity contribution in [1.82, 2.24) is 5.32 Å². The van der Waals surface area contributed by atoms with Gasteiger partial charge in [0, 0.05) is 6.61 Å². The summed E-state index contributed by atoms with van der Waals surface area (Å²) in [6, 6.07) is 0. The van der Waals surface area contributed by atoms with Crippen molar-refractivity contribution < 1.29 is 14.3 Å². The molecule has 0 rings (SSSR count). The molecule has 0 radical (unpaired) electrons. The lowest BCUT2D eigenvalue weighted by atomic mass is 9.97. The molecule has 18 heavy (non-hydrogen) atoms. The van der Waals surface area contributed by atoms with E-state index in [0.717, 1.165) is 19.4 Å². The second-order valence-electron chi connectivity index (χ2n) is 5.46. The van der Waals surface area contributed by atoms with Gasteiger partial charge in [-0.25, -0.2) is 0 Å². The molecule has 0 amide bonds. The fourth-order valence-corrected chi connectivity index (χ4v) is 1.52. The molecule has 0 saturated heterocycles. The fraction of sp³-hybridized carbons (Fsp3) is 0.929. The summed E-state index contributed by atoms with van der Waals surface area (Å²) in [5, 5.41) is 3.25. The summed E-state index contributed by atoms with van der Waals surface area (Å²) >= 11 is 0. The maximum Gasteiger partial charge on any atom is 0.325 e. The van der Waals surface area contributed by atoms with Gasteiger partial charge in [-0.2, -0.15) is 0 Å². The minimum absolute atomic E-state index is 0.137.